The molecule has 0 spiro atoms. The van der Waals surface area contributed by atoms with Crippen molar-refractivity contribution < 1.29 is 10.3 Å². The predicted molar refractivity (Wildman–Crippen MR) is 70.9 cm³/mol. The first-order valence-electron chi connectivity index (χ1n) is 5.78. The van der Waals surface area contributed by atoms with Crippen molar-refractivity contribution in [3.8, 4) is 0 Å². The summed E-state index contributed by atoms with van der Waals surface area (Å²) in [6, 6.07) is 3.51. The van der Waals surface area contributed by atoms with Crippen LogP contribution < -0.4 is 10.6 Å². The number of nitrogens with two attached hydrogens (primary N) is 1. The quantitative estimate of drug-likeness (QED) is 0.311. The fraction of sp³-hybridized carbons (Fsp3) is 0.500. The molecule has 0 saturated carbocycles. The molecule has 0 unspecified atom stereocenters. The molecule has 0 aliphatic carbocycles. The lowest BCUT2D eigenvalue weighted by Crippen LogP contribution is -2.39. The Kier molecular flexibility index (Phi) is 4.49. The molecule has 100 valence electrons. The van der Waals surface area contributed by atoms with Crippen LogP contribution in [-0.4, -0.2) is 39.8 Å². The first kappa shape index (κ1) is 14.2. The lowest BCUT2D eigenvalue weighted by atomic mass is 10.1. The predicted octanol–water partition coefficient (Wildman–Crippen LogP) is 0.773. The van der Waals surface area contributed by atoms with Crippen LogP contribution >= 0.6 is 0 Å². The van der Waals surface area contributed by atoms with Gasteiger partial charge in [0.05, 0.1) is 5.60 Å². The van der Waals surface area contributed by atoms with E-state index >= 15 is 0 Å². The van der Waals surface area contributed by atoms with Crippen molar-refractivity contribution >= 4 is 11.7 Å². The van der Waals surface area contributed by atoms with Gasteiger partial charge in [0.2, 0.25) is 0 Å². The number of hydrogen-bond acceptors (Lipinski definition) is 5. The second-order valence-electron chi connectivity index (χ2n) is 4.72. The minimum absolute atomic E-state index is 0.0274. The first-order valence-corrected chi connectivity index (χ1v) is 5.78. The molecule has 0 radical (unpaired) electrons. The van der Waals surface area contributed by atoms with Crippen LogP contribution in [0, 0.1) is 0 Å². The minimum Gasteiger partial charge on any atom is -0.409 e. The summed E-state index contributed by atoms with van der Waals surface area (Å²) in [5.74, 6) is 0.772. The molecular formula is C12H20N4O2. The molecule has 4 N–H and O–H groups in total. The molecular weight excluding hydrogens is 232 g/mol. The monoisotopic (exact) mass is 252 g/mol. The molecule has 0 fully saturated rings. The standard InChI is InChI=1S/C12H20N4O2/c1-4-16(8-12(2,3)17)10-6-5-9(7-14-10)11(13)15-18/h5-7,17-18H,4,8H2,1-3H3,(H2,13,15). The summed E-state index contributed by atoms with van der Waals surface area (Å²) in [4.78, 5) is 6.20. The van der Waals surface area contributed by atoms with Crippen molar-refractivity contribution in [3.05, 3.63) is 23.9 Å². The molecule has 6 heteroatoms. The third-order valence-corrected chi connectivity index (χ3v) is 2.43. The van der Waals surface area contributed by atoms with Crippen molar-refractivity contribution in [3.63, 3.8) is 0 Å². The molecule has 0 aliphatic heterocycles. The summed E-state index contributed by atoms with van der Waals surface area (Å²) in [6.07, 6.45) is 1.54. The van der Waals surface area contributed by atoms with E-state index in [9.17, 15) is 5.11 Å². The van der Waals surface area contributed by atoms with Gasteiger partial charge in [-0.15, -0.1) is 0 Å². The van der Waals surface area contributed by atoms with Gasteiger partial charge in [0.1, 0.15) is 5.82 Å². The van der Waals surface area contributed by atoms with Crippen LogP contribution in [0.3, 0.4) is 0 Å². The maximum absolute atomic E-state index is 9.82. The first-order chi connectivity index (χ1) is 8.37. The number of aliphatic hydroxyl groups is 1. The summed E-state index contributed by atoms with van der Waals surface area (Å²) in [7, 11) is 0. The van der Waals surface area contributed by atoms with Crippen LogP contribution in [0.25, 0.3) is 0 Å². The maximum atomic E-state index is 9.82. The molecule has 0 bridgehead atoms. The van der Waals surface area contributed by atoms with E-state index in [2.05, 4.69) is 10.1 Å². The van der Waals surface area contributed by atoms with Crippen LogP contribution in [0.1, 0.15) is 26.3 Å². The largest absolute Gasteiger partial charge is 0.409 e. The van der Waals surface area contributed by atoms with E-state index in [-0.39, 0.29) is 5.84 Å². The number of rotatable bonds is 5. The number of oxime groups is 1. The van der Waals surface area contributed by atoms with E-state index in [1.54, 1.807) is 26.0 Å². The van der Waals surface area contributed by atoms with E-state index in [1.165, 1.54) is 6.20 Å². The van der Waals surface area contributed by atoms with Gasteiger partial charge in [-0.25, -0.2) is 4.98 Å². The highest BCUT2D eigenvalue weighted by Gasteiger charge is 2.18. The Hall–Kier alpha value is -1.82. The summed E-state index contributed by atoms with van der Waals surface area (Å²) < 4.78 is 0. The lowest BCUT2D eigenvalue weighted by Gasteiger charge is -2.29. The van der Waals surface area contributed by atoms with Crippen LogP contribution in [-0.2, 0) is 0 Å². The topological polar surface area (TPSA) is 95.0 Å². The van der Waals surface area contributed by atoms with E-state index in [4.69, 9.17) is 10.9 Å². The van der Waals surface area contributed by atoms with Gasteiger partial charge >= 0.3 is 0 Å². The van der Waals surface area contributed by atoms with Crippen LogP contribution in [0.4, 0.5) is 5.82 Å². The zero-order valence-electron chi connectivity index (χ0n) is 11.0. The van der Waals surface area contributed by atoms with Crippen molar-refractivity contribution in [2.24, 2.45) is 10.9 Å². The van der Waals surface area contributed by atoms with E-state index in [0.29, 0.717) is 12.1 Å². The van der Waals surface area contributed by atoms with Gasteiger partial charge in [-0.3, -0.25) is 0 Å². The zero-order valence-corrected chi connectivity index (χ0v) is 11.0. The fourth-order valence-electron chi connectivity index (χ4n) is 1.60. The third kappa shape index (κ3) is 3.89. The highest BCUT2D eigenvalue weighted by molar-refractivity contribution is 5.96. The number of amidine groups is 1. The smallest absolute Gasteiger partial charge is 0.171 e. The maximum Gasteiger partial charge on any atom is 0.171 e. The average molecular weight is 252 g/mol. The van der Waals surface area contributed by atoms with Crippen LogP contribution in [0.5, 0.6) is 0 Å². The zero-order chi connectivity index (χ0) is 13.8. The summed E-state index contributed by atoms with van der Waals surface area (Å²) in [5, 5.41) is 21.3. The Morgan fingerprint density at radius 1 is 1.50 bits per heavy atom. The second-order valence-corrected chi connectivity index (χ2v) is 4.72. The Labute approximate surface area is 107 Å². The molecule has 6 nitrogen and oxygen atoms in total. The van der Waals surface area contributed by atoms with Crippen molar-refractivity contribution in [2.45, 2.75) is 26.4 Å². The highest BCUT2D eigenvalue weighted by Crippen LogP contribution is 2.14. The second kappa shape index (κ2) is 5.68. The lowest BCUT2D eigenvalue weighted by molar-refractivity contribution is 0.0874. The van der Waals surface area contributed by atoms with Gasteiger partial charge < -0.3 is 20.9 Å². The van der Waals surface area contributed by atoms with Gasteiger partial charge in [-0.05, 0) is 32.9 Å². The fourth-order valence-corrected chi connectivity index (χ4v) is 1.60. The van der Waals surface area contributed by atoms with Gasteiger partial charge in [0.15, 0.2) is 5.84 Å². The molecule has 1 heterocycles. The summed E-state index contributed by atoms with van der Waals surface area (Å²) >= 11 is 0. The molecule has 0 saturated heterocycles. The number of nitrogens with zero attached hydrogens (tertiary/aromatic N) is 3. The Bertz CT molecular complexity index is 409. The molecule has 1 aromatic rings. The summed E-state index contributed by atoms with van der Waals surface area (Å²) in [5.41, 5.74) is 5.23. The minimum atomic E-state index is -0.790. The Morgan fingerprint density at radius 2 is 2.17 bits per heavy atom. The van der Waals surface area contributed by atoms with E-state index in [1.807, 2.05) is 11.8 Å². The number of hydrogen-bond donors (Lipinski definition) is 3. The number of aromatic nitrogens is 1. The molecule has 0 aromatic carbocycles. The van der Waals surface area contributed by atoms with Gasteiger partial charge in [-0.1, -0.05) is 5.16 Å². The van der Waals surface area contributed by atoms with Crippen molar-refractivity contribution in [1.29, 1.82) is 0 Å². The number of anilines is 1. The Balaban J connectivity index is 2.89. The molecule has 0 aliphatic rings. The van der Waals surface area contributed by atoms with E-state index < -0.39 is 5.60 Å². The van der Waals surface area contributed by atoms with E-state index in [0.717, 1.165) is 12.4 Å². The van der Waals surface area contributed by atoms with Crippen LogP contribution in [0.15, 0.2) is 23.5 Å². The van der Waals surface area contributed by atoms with Crippen molar-refractivity contribution in [1.82, 2.24) is 4.98 Å². The van der Waals surface area contributed by atoms with Crippen LogP contribution in [0.2, 0.25) is 0 Å². The molecule has 1 rings (SSSR count). The average Bonchev–Trinajstić information content (AvgIpc) is 2.34. The third-order valence-electron chi connectivity index (χ3n) is 2.43. The molecule has 0 amide bonds. The SMILES string of the molecule is CCN(CC(C)(C)O)c1ccc(C(N)=NO)cn1. The Morgan fingerprint density at radius 3 is 2.56 bits per heavy atom. The molecule has 18 heavy (non-hydrogen) atoms. The van der Waals surface area contributed by atoms with Gasteiger partial charge in [0.25, 0.3) is 0 Å². The van der Waals surface area contributed by atoms with Gasteiger partial charge in [0, 0.05) is 24.8 Å². The van der Waals surface area contributed by atoms with Gasteiger partial charge in [-0.2, -0.15) is 0 Å². The molecule has 0 atom stereocenters. The van der Waals surface area contributed by atoms with Crippen molar-refractivity contribution in [2.75, 3.05) is 18.0 Å². The normalized spacial score (nSPS) is 12.6. The number of likely N-dealkylation sites (N-methyl/N-ethyl adjacent to an activating group) is 1. The highest BCUT2D eigenvalue weighted by atomic mass is 16.4. The number of pyridine rings is 1. The molecule has 1 aromatic heterocycles. The summed E-state index contributed by atoms with van der Waals surface area (Å²) in [6.45, 7) is 6.71.